The second-order valence-corrected chi connectivity index (χ2v) is 4.59. The summed E-state index contributed by atoms with van der Waals surface area (Å²) in [4.78, 5) is 2.60. The fraction of sp³-hybridized carbons (Fsp3) is 1.00. The van der Waals surface area contributed by atoms with E-state index in [1.807, 2.05) is 0 Å². The van der Waals surface area contributed by atoms with E-state index >= 15 is 0 Å². The third-order valence-corrected chi connectivity index (χ3v) is 3.36. The first-order valence-electron chi connectivity index (χ1n) is 6.21. The van der Waals surface area contributed by atoms with Gasteiger partial charge in [-0.3, -0.25) is 0 Å². The molecule has 3 heteroatoms. The van der Waals surface area contributed by atoms with E-state index < -0.39 is 0 Å². The van der Waals surface area contributed by atoms with Gasteiger partial charge < -0.3 is 15.0 Å². The van der Waals surface area contributed by atoms with Crippen molar-refractivity contribution in [2.45, 2.75) is 32.7 Å². The number of hydrogen-bond donors (Lipinski definition) is 1. The average molecular weight is 214 g/mol. The van der Waals surface area contributed by atoms with Gasteiger partial charge in [0.1, 0.15) is 0 Å². The molecule has 2 unspecified atom stereocenters. The van der Waals surface area contributed by atoms with Crippen molar-refractivity contribution in [1.82, 2.24) is 10.2 Å². The lowest BCUT2D eigenvalue weighted by Gasteiger charge is -2.24. The SMILES string of the molecule is CCNCC1CCN(C(C)CCOC)C1. The first kappa shape index (κ1) is 12.9. The van der Waals surface area contributed by atoms with Crippen molar-refractivity contribution in [3.63, 3.8) is 0 Å². The van der Waals surface area contributed by atoms with E-state index in [4.69, 9.17) is 4.74 Å². The number of ether oxygens (including phenoxy) is 1. The molecule has 1 fully saturated rings. The quantitative estimate of drug-likeness (QED) is 0.692. The molecule has 0 aliphatic carbocycles. The van der Waals surface area contributed by atoms with Gasteiger partial charge in [-0.15, -0.1) is 0 Å². The molecule has 0 amide bonds. The first-order chi connectivity index (χ1) is 7.27. The summed E-state index contributed by atoms with van der Waals surface area (Å²) >= 11 is 0. The highest BCUT2D eigenvalue weighted by atomic mass is 16.5. The molecule has 90 valence electrons. The summed E-state index contributed by atoms with van der Waals surface area (Å²) < 4.78 is 5.12. The number of nitrogens with zero attached hydrogens (tertiary/aromatic N) is 1. The van der Waals surface area contributed by atoms with Crippen LogP contribution < -0.4 is 5.32 Å². The summed E-state index contributed by atoms with van der Waals surface area (Å²) in [7, 11) is 1.78. The molecule has 1 heterocycles. The van der Waals surface area contributed by atoms with Gasteiger partial charge in [0.25, 0.3) is 0 Å². The minimum atomic E-state index is 0.677. The highest BCUT2D eigenvalue weighted by molar-refractivity contribution is 4.80. The molecule has 0 aromatic rings. The van der Waals surface area contributed by atoms with Gasteiger partial charge in [-0.1, -0.05) is 6.92 Å². The van der Waals surface area contributed by atoms with Crippen LogP contribution in [0, 0.1) is 5.92 Å². The van der Waals surface area contributed by atoms with Crippen LogP contribution in [0.4, 0.5) is 0 Å². The first-order valence-corrected chi connectivity index (χ1v) is 6.21. The topological polar surface area (TPSA) is 24.5 Å². The Hall–Kier alpha value is -0.120. The lowest BCUT2D eigenvalue weighted by molar-refractivity contribution is 0.150. The summed E-state index contributed by atoms with van der Waals surface area (Å²) in [6, 6.07) is 0.677. The lowest BCUT2D eigenvalue weighted by atomic mass is 10.1. The Bertz CT molecular complexity index is 164. The van der Waals surface area contributed by atoms with Crippen molar-refractivity contribution in [3.8, 4) is 0 Å². The molecule has 0 aromatic carbocycles. The minimum Gasteiger partial charge on any atom is -0.385 e. The Kier molecular flexibility index (Phi) is 6.22. The molecular weight excluding hydrogens is 188 g/mol. The summed E-state index contributed by atoms with van der Waals surface area (Å²) in [6.07, 6.45) is 2.51. The monoisotopic (exact) mass is 214 g/mol. The molecule has 1 N–H and O–H groups in total. The largest absolute Gasteiger partial charge is 0.385 e. The van der Waals surface area contributed by atoms with Gasteiger partial charge in [0.15, 0.2) is 0 Å². The third-order valence-electron chi connectivity index (χ3n) is 3.36. The van der Waals surface area contributed by atoms with Crippen molar-refractivity contribution in [2.24, 2.45) is 5.92 Å². The number of hydrogen-bond acceptors (Lipinski definition) is 3. The Morgan fingerprint density at radius 2 is 2.33 bits per heavy atom. The van der Waals surface area contributed by atoms with Crippen molar-refractivity contribution in [1.29, 1.82) is 0 Å². The van der Waals surface area contributed by atoms with Crippen molar-refractivity contribution in [3.05, 3.63) is 0 Å². The lowest BCUT2D eigenvalue weighted by Crippen LogP contribution is -2.33. The second kappa shape index (κ2) is 7.20. The van der Waals surface area contributed by atoms with Crippen LogP contribution in [0.5, 0.6) is 0 Å². The molecule has 1 saturated heterocycles. The molecule has 0 saturated carbocycles. The van der Waals surface area contributed by atoms with Crippen LogP contribution in [-0.4, -0.2) is 50.8 Å². The fourth-order valence-electron chi connectivity index (χ4n) is 2.25. The van der Waals surface area contributed by atoms with Crippen LogP contribution >= 0.6 is 0 Å². The van der Waals surface area contributed by atoms with Gasteiger partial charge in [-0.05, 0) is 45.3 Å². The third kappa shape index (κ3) is 4.49. The Morgan fingerprint density at radius 1 is 1.53 bits per heavy atom. The predicted octanol–water partition coefficient (Wildman–Crippen LogP) is 1.34. The molecule has 1 aliphatic rings. The van der Waals surface area contributed by atoms with E-state index in [1.54, 1.807) is 7.11 Å². The van der Waals surface area contributed by atoms with Crippen molar-refractivity contribution in [2.75, 3.05) is 39.9 Å². The Morgan fingerprint density at radius 3 is 3.00 bits per heavy atom. The average Bonchev–Trinajstić information content (AvgIpc) is 2.71. The van der Waals surface area contributed by atoms with E-state index in [1.165, 1.54) is 26.1 Å². The highest BCUT2D eigenvalue weighted by Crippen LogP contribution is 2.19. The summed E-state index contributed by atoms with van der Waals surface area (Å²) in [5, 5.41) is 3.44. The zero-order valence-corrected chi connectivity index (χ0v) is 10.5. The van der Waals surface area contributed by atoms with Crippen LogP contribution in [0.15, 0.2) is 0 Å². The van der Waals surface area contributed by atoms with E-state index in [0.29, 0.717) is 6.04 Å². The van der Waals surface area contributed by atoms with Crippen LogP contribution in [-0.2, 0) is 4.74 Å². The molecular formula is C12H26N2O. The Labute approximate surface area is 94.2 Å². The molecule has 3 nitrogen and oxygen atoms in total. The molecule has 2 atom stereocenters. The summed E-state index contributed by atoms with van der Waals surface area (Å²) in [5.41, 5.74) is 0. The number of rotatable bonds is 7. The van der Waals surface area contributed by atoms with E-state index in [2.05, 4.69) is 24.1 Å². The highest BCUT2D eigenvalue weighted by Gasteiger charge is 2.25. The predicted molar refractivity (Wildman–Crippen MR) is 64.2 cm³/mol. The van der Waals surface area contributed by atoms with Crippen molar-refractivity contribution < 1.29 is 4.74 Å². The molecule has 0 radical (unpaired) electrons. The van der Waals surface area contributed by atoms with Crippen LogP contribution in [0.2, 0.25) is 0 Å². The van der Waals surface area contributed by atoms with Gasteiger partial charge >= 0.3 is 0 Å². The molecule has 1 rings (SSSR count). The van der Waals surface area contributed by atoms with Gasteiger partial charge in [0.05, 0.1) is 0 Å². The number of nitrogens with one attached hydrogen (secondary N) is 1. The summed E-state index contributed by atoms with van der Waals surface area (Å²) in [6.45, 7) is 10.2. The van der Waals surface area contributed by atoms with Gasteiger partial charge in [0, 0.05) is 26.3 Å². The molecule has 0 bridgehead atoms. The normalized spacial score (nSPS) is 24.6. The second-order valence-electron chi connectivity index (χ2n) is 4.59. The molecule has 15 heavy (non-hydrogen) atoms. The zero-order valence-electron chi connectivity index (χ0n) is 10.5. The molecule has 1 aliphatic heterocycles. The van der Waals surface area contributed by atoms with Gasteiger partial charge in [-0.2, -0.15) is 0 Å². The van der Waals surface area contributed by atoms with E-state index in [9.17, 15) is 0 Å². The van der Waals surface area contributed by atoms with Crippen LogP contribution in [0.25, 0.3) is 0 Å². The maximum atomic E-state index is 5.12. The smallest absolute Gasteiger partial charge is 0.0477 e. The van der Waals surface area contributed by atoms with Gasteiger partial charge in [0.2, 0.25) is 0 Å². The fourth-order valence-corrected chi connectivity index (χ4v) is 2.25. The molecule has 0 spiro atoms. The van der Waals surface area contributed by atoms with E-state index in [0.717, 1.165) is 25.5 Å². The number of methoxy groups -OCH3 is 1. The maximum Gasteiger partial charge on any atom is 0.0477 e. The minimum absolute atomic E-state index is 0.677. The Balaban J connectivity index is 2.17. The van der Waals surface area contributed by atoms with Crippen LogP contribution in [0.3, 0.4) is 0 Å². The van der Waals surface area contributed by atoms with Gasteiger partial charge in [-0.25, -0.2) is 0 Å². The summed E-state index contributed by atoms with van der Waals surface area (Å²) in [5.74, 6) is 0.856. The standard InChI is InChI=1S/C12H26N2O/c1-4-13-9-12-5-7-14(10-12)11(2)6-8-15-3/h11-13H,4-10H2,1-3H3. The maximum absolute atomic E-state index is 5.12. The van der Waals surface area contributed by atoms with Crippen LogP contribution in [0.1, 0.15) is 26.7 Å². The number of likely N-dealkylation sites (tertiary alicyclic amines) is 1. The van der Waals surface area contributed by atoms with E-state index in [-0.39, 0.29) is 0 Å². The van der Waals surface area contributed by atoms with Crippen molar-refractivity contribution >= 4 is 0 Å². The molecule has 0 aromatic heterocycles. The zero-order chi connectivity index (χ0) is 11.1.